The van der Waals surface area contributed by atoms with Crippen molar-refractivity contribution in [2.24, 2.45) is 0 Å². The van der Waals surface area contributed by atoms with Crippen molar-refractivity contribution < 1.29 is 18.3 Å². The van der Waals surface area contributed by atoms with Crippen molar-refractivity contribution in [3.05, 3.63) is 14.7 Å². The third-order valence-corrected chi connectivity index (χ3v) is 6.48. The average molecular weight is 342 g/mol. The van der Waals surface area contributed by atoms with Crippen LogP contribution in [0.15, 0.2) is 14.7 Å². The first-order valence-corrected chi connectivity index (χ1v) is 7.92. The van der Waals surface area contributed by atoms with Gasteiger partial charge in [-0.1, -0.05) is 13.8 Å². The van der Waals surface area contributed by atoms with Gasteiger partial charge in [-0.15, -0.1) is 11.3 Å². The molecule has 0 spiro atoms. The van der Waals surface area contributed by atoms with Gasteiger partial charge in [0.1, 0.15) is 9.77 Å². The first-order valence-electron chi connectivity index (χ1n) is 4.87. The molecule has 1 rings (SSSR count). The average Bonchev–Trinajstić information content (AvgIpc) is 2.62. The van der Waals surface area contributed by atoms with Gasteiger partial charge in [0.2, 0.25) is 10.0 Å². The number of carbonyl (C=O) groups is 1. The summed E-state index contributed by atoms with van der Waals surface area (Å²) in [6, 6.07) is 1.19. The Hall–Kier alpha value is -0.440. The highest BCUT2D eigenvalue weighted by molar-refractivity contribution is 9.11. The second-order valence-corrected chi connectivity index (χ2v) is 7.42. The zero-order valence-electron chi connectivity index (χ0n) is 9.31. The molecule has 0 amide bonds. The number of carboxylic acids is 1. The minimum absolute atomic E-state index is 0.00241. The molecule has 0 aliphatic carbocycles. The lowest BCUT2D eigenvalue weighted by molar-refractivity contribution is 0.0702. The summed E-state index contributed by atoms with van der Waals surface area (Å²) in [4.78, 5) is 10.8. The molecule has 1 heterocycles. The van der Waals surface area contributed by atoms with Gasteiger partial charge >= 0.3 is 5.97 Å². The van der Waals surface area contributed by atoms with Gasteiger partial charge in [-0.3, -0.25) is 0 Å². The number of sulfonamides is 1. The van der Waals surface area contributed by atoms with Gasteiger partial charge in [-0.05, 0) is 22.0 Å². The molecule has 1 N–H and O–H groups in total. The Morgan fingerprint density at radius 1 is 1.47 bits per heavy atom. The van der Waals surface area contributed by atoms with E-state index in [0.29, 0.717) is 16.9 Å². The molecule has 5 nitrogen and oxygen atoms in total. The number of rotatable bonds is 5. The van der Waals surface area contributed by atoms with Crippen LogP contribution in [-0.4, -0.2) is 36.9 Å². The van der Waals surface area contributed by atoms with Crippen LogP contribution in [0.3, 0.4) is 0 Å². The Labute approximate surface area is 112 Å². The normalized spacial score (nSPS) is 12.0. The van der Waals surface area contributed by atoms with E-state index >= 15 is 0 Å². The maximum atomic E-state index is 12.2. The third-order valence-electron chi connectivity index (χ3n) is 2.19. The van der Waals surface area contributed by atoms with Crippen LogP contribution in [0.2, 0.25) is 0 Å². The van der Waals surface area contributed by atoms with Crippen LogP contribution >= 0.6 is 27.3 Å². The van der Waals surface area contributed by atoms with E-state index < -0.39 is 16.0 Å². The molecule has 1 aromatic heterocycles. The van der Waals surface area contributed by atoms with E-state index in [1.54, 1.807) is 13.8 Å². The molecular formula is C9H12BrNO4S2. The van der Waals surface area contributed by atoms with E-state index in [9.17, 15) is 13.2 Å². The van der Waals surface area contributed by atoms with Gasteiger partial charge < -0.3 is 5.11 Å². The summed E-state index contributed by atoms with van der Waals surface area (Å²) in [7, 11) is -3.61. The fraction of sp³-hybridized carbons (Fsp3) is 0.444. The van der Waals surface area contributed by atoms with Crippen LogP contribution in [0.4, 0.5) is 0 Å². The second-order valence-electron chi connectivity index (χ2n) is 3.14. The molecule has 0 unspecified atom stereocenters. The van der Waals surface area contributed by atoms with Crippen molar-refractivity contribution in [3.63, 3.8) is 0 Å². The maximum absolute atomic E-state index is 12.2. The molecule has 8 heteroatoms. The minimum atomic E-state index is -3.61. The van der Waals surface area contributed by atoms with Gasteiger partial charge in [-0.25, -0.2) is 13.2 Å². The molecule has 0 radical (unpaired) electrons. The monoisotopic (exact) mass is 341 g/mol. The summed E-state index contributed by atoms with van der Waals surface area (Å²) in [6.07, 6.45) is 0. The van der Waals surface area contributed by atoms with Crippen molar-refractivity contribution >= 4 is 43.3 Å². The summed E-state index contributed by atoms with van der Waals surface area (Å²) in [5.41, 5.74) is 0. The van der Waals surface area contributed by atoms with Gasteiger partial charge in [-0.2, -0.15) is 4.31 Å². The fourth-order valence-corrected chi connectivity index (χ4v) is 5.15. The van der Waals surface area contributed by atoms with Crippen LogP contribution in [0.1, 0.15) is 23.5 Å². The van der Waals surface area contributed by atoms with Crippen molar-refractivity contribution in [1.82, 2.24) is 4.31 Å². The van der Waals surface area contributed by atoms with Crippen molar-refractivity contribution in [2.45, 2.75) is 18.7 Å². The second kappa shape index (κ2) is 5.47. The van der Waals surface area contributed by atoms with E-state index in [2.05, 4.69) is 15.9 Å². The number of aromatic carboxylic acids is 1. The first-order chi connectivity index (χ1) is 7.84. The molecule has 0 fully saturated rings. The standard InChI is InChI=1S/C9H12BrNO4S2/c1-3-11(4-2)17(14,15)7-5-6(9(12)13)16-8(7)10/h5H,3-4H2,1-2H3,(H,12,13). The Morgan fingerprint density at radius 3 is 2.35 bits per heavy atom. The highest BCUT2D eigenvalue weighted by atomic mass is 79.9. The Morgan fingerprint density at radius 2 is 2.00 bits per heavy atom. The summed E-state index contributed by atoms with van der Waals surface area (Å²) in [5, 5.41) is 8.82. The first kappa shape index (κ1) is 14.6. The topological polar surface area (TPSA) is 74.7 Å². The number of carboxylic acid groups (broad SMARTS) is 1. The molecule has 0 aliphatic heterocycles. The van der Waals surface area contributed by atoms with Crippen LogP contribution in [0, 0.1) is 0 Å². The van der Waals surface area contributed by atoms with Crippen molar-refractivity contribution in [3.8, 4) is 0 Å². The van der Waals surface area contributed by atoms with Crippen LogP contribution in [0.25, 0.3) is 0 Å². The minimum Gasteiger partial charge on any atom is -0.477 e. The summed E-state index contributed by atoms with van der Waals surface area (Å²) < 4.78 is 25.9. The quantitative estimate of drug-likeness (QED) is 0.891. The number of hydrogen-bond acceptors (Lipinski definition) is 4. The lowest BCUT2D eigenvalue weighted by Gasteiger charge is -2.17. The Kier molecular flexibility index (Phi) is 4.70. The van der Waals surface area contributed by atoms with Crippen molar-refractivity contribution in [1.29, 1.82) is 0 Å². The molecule has 1 aromatic rings. The van der Waals surface area contributed by atoms with E-state index in [4.69, 9.17) is 5.11 Å². The smallest absolute Gasteiger partial charge is 0.345 e. The number of halogens is 1. The zero-order chi connectivity index (χ0) is 13.2. The van der Waals surface area contributed by atoms with E-state index in [1.807, 2.05) is 0 Å². The van der Waals surface area contributed by atoms with Crippen LogP contribution < -0.4 is 0 Å². The van der Waals surface area contributed by atoms with Gasteiger partial charge in [0.05, 0.1) is 3.79 Å². The van der Waals surface area contributed by atoms with E-state index in [0.717, 1.165) is 11.3 Å². The van der Waals surface area contributed by atoms with Gasteiger partial charge in [0.15, 0.2) is 0 Å². The van der Waals surface area contributed by atoms with E-state index in [1.165, 1.54) is 10.4 Å². The summed E-state index contributed by atoms with van der Waals surface area (Å²) >= 11 is 4.00. The molecule has 17 heavy (non-hydrogen) atoms. The molecule has 0 atom stereocenters. The van der Waals surface area contributed by atoms with Gasteiger partial charge in [0.25, 0.3) is 0 Å². The molecule has 0 saturated carbocycles. The molecule has 0 aromatic carbocycles. The van der Waals surface area contributed by atoms with Crippen LogP contribution in [-0.2, 0) is 10.0 Å². The molecule has 0 saturated heterocycles. The number of thiophene rings is 1. The van der Waals surface area contributed by atoms with Gasteiger partial charge in [0, 0.05) is 13.1 Å². The number of nitrogens with zero attached hydrogens (tertiary/aromatic N) is 1. The predicted octanol–water partition coefficient (Wildman–Crippen LogP) is 2.24. The SMILES string of the molecule is CCN(CC)S(=O)(=O)c1cc(C(=O)O)sc1Br. The lowest BCUT2D eigenvalue weighted by atomic mass is 10.5. The summed E-state index contributed by atoms with van der Waals surface area (Å²) in [6.45, 7) is 4.17. The summed E-state index contributed by atoms with van der Waals surface area (Å²) in [5.74, 6) is -1.13. The molecule has 0 bridgehead atoms. The Balaban J connectivity index is 3.29. The maximum Gasteiger partial charge on any atom is 0.345 e. The van der Waals surface area contributed by atoms with Crippen LogP contribution in [0.5, 0.6) is 0 Å². The number of hydrogen-bond donors (Lipinski definition) is 1. The highest BCUT2D eigenvalue weighted by Gasteiger charge is 2.27. The Bertz CT molecular complexity index is 519. The predicted molar refractivity (Wildman–Crippen MR) is 69.1 cm³/mol. The highest BCUT2D eigenvalue weighted by Crippen LogP contribution is 2.33. The fourth-order valence-electron chi connectivity index (χ4n) is 1.34. The van der Waals surface area contributed by atoms with Crippen molar-refractivity contribution in [2.75, 3.05) is 13.1 Å². The molecule has 96 valence electrons. The van der Waals surface area contributed by atoms with E-state index in [-0.39, 0.29) is 9.77 Å². The third kappa shape index (κ3) is 2.87. The zero-order valence-corrected chi connectivity index (χ0v) is 12.5. The molecule has 0 aliphatic rings. The lowest BCUT2D eigenvalue weighted by Crippen LogP contribution is -2.30. The molecular weight excluding hydrogens is 330 g/mol. The largest absolute Gasteiger partial charge is 0.477 e.